The van der Waals surface area contributed by atoms with Crippen LogP contribution in [0.2, 0.25) is 0 Å². The van der Waals surface area contributed by atoms with Crippen LogP contribution < -0.4 is 10.6 Å². The normalized spacial score (nSPS) is 13.8. The fraction of sp³-hybridized carbons (Fsp3) is 0.250. The number of aromatic nitrogens is 1. The minimum Gasteiger partial charge on any atom is -0.382 e. The summed E-state index contributed by atoms with van der Waals surface area (Å²) >= 11 is 0. The number of hydrogen-bond donors (Lipinski definition) is 3. The van der Waals surface area contributed by atoms with E-state index in [0.29, 0.717) is 12.6 Å². The molecule has 1 saturated carbocycles. The van der Waals surface area contributed by atoms with Crippen LogP contribution >= 0.6 is 0 Å². The quantitative estimate of drug-likeness (QED) is 0.648. The van der Waals surface area contributed by atoms with Crippen molar-refractivity contribution in [3.05, 3.63) is 65.9 Å². The van der Waals surface area contributed by atoms with Crippen molar-refractivity contribution in [1.82, 2.24) is 10.3 Å². The van der Waals surface area contributed by atoms with E-state index in [1.807, 2.05) is 42.6 Å². The first-order valence-corrected chi connectivity index (χ1v) is 8.50. The molecule has 0 saturated heterocycles. The van der Waals surface area contributed by atoms with Gasteiger partial charge in [-0.25, -0.2) is 0 Å². The van der Waals surface area contributed by atoms with Crippen LogP contribution in [0.4, 0.5) is 5.69 Å². The minimum absolute atomic E-state index is 0.0152. The zero-order valence-corrected chi connectivity index (χ0v) is 13.5. The Kier molecular flexibility index (Phi) is 3.95. The van der Waals surface area contributed by atoms with E-state index in [0.717, 1.165) is 23.2 Å². The number of fused-ring (bicyclic) bond motifs is 1. The Labute approximate surface area is 141 Å². The predicted octanol–water partition coefficient (Wildman–Crippen LogP) is 3.71. The van der Waals surface area contributed by atoms with Crippen LogP contribution in [0, 0.1) is 0 Å². The van der Waals surface area contributed by atoms with Crippen molar-refractivity contribution < 1.29 is 4.79 Å². The van der Waals surface area contributed by atoms with Gasteiger partial charge < -0.3 is 15.6 Å². The fourth-order valence-corrected chi connectivity index (χ4v) is 3.00. The van der Waals surface area contributed by atoms with E-state index in [4.69, 9.17) is 0 Å². The second-order valence-corrected chi connectivity index (χ2v) is 6.33. The number of benzene rings is 2. The van der Waals surface area contributed by atoms with E-state index in [2.05, 4.69) is 27.8 Å². The number of carbonyl (C=O) groups is 1. The average Bonchev–Trinajstić information content (AvgIpc) is 3.34. The van der Waals surface area contributed by atoms with Gasteiger partial charge in [0.1, 0.15) is 0 Å². The van der Waals surface area contributed by atoms with Crippen molar-refractivity contribution in [2.24, 2.45) is 0 Å². The van der Waals surface area contributed by atoms with Crippen molar-refractivity contribution in [3.8, 4) is 0 Å². The van der Waals surface area contributed by atoms with Crippen LogP contribution in [-0.2, 0) is 6.42 Å². The van der Waals surface area contributed by atoms with Crippen molar-refractivity contribution >= 4 is 22.5 Å². The van der Waals surface area contributed by atoms with Gasteiger partial charge in [-0.05, 0) is 43.0 Å². The molecule has 0 atom stereocenters. The molecule has 1 aliphatic carbocycles. The molecule has 1 heterocycles. The van der Waals surface area contributed by atoms with Gasteiger partial charge in [0.25, 0.3) is 5.91 Å². The largest absolute Gasteiger partial charge is 0.382 e. The molecular weight excluding hydrogens is 298 g/mol. The van der Waals surface area contributed by atoms with E-state index >= 15 is 0 Å². The Bertz CT molecular complexity index is 864. The smallest absolute Gasteiger partial charge is 0.253 e. The van der Waals surface area contributed by atoms with Crippen LogP contribution in [0.5, 0.6) is 0 Å². The predicted molar refractivity (Wildman–Crippen MR) is 97.4 cm³/mol. The first-order valence-electron chi connectivity index (χ1n) is 8.50. The lowest BCUT2D eigenvalue weighted by molar-refractivity contribution is 0.0955. The molecule has 1 aliphatic rings. The minimum atomic E-state index is -0.0152. The molecular formula is C20H21N3O. The Morgan fingerprint density at radius 3 is 2.75 bits per heavy atom. The molecule has 24 heavy (non-hydrogen) atoms. The molecule has 4 nitrogen and oxygen atoms in total. The highest BCUT2D eigenvalue weighted by Gasteiger charge is 2.22. The van der Waals surface area contributed by atoms with E-state index in [1.54, 1.807) is 0 Å². The number of rotatable bonds is 6. The number of amides is 1. The highest BCUT2D eigenvalue weighted by Crippen LogP contribution is 2.26. The van der Waals surface area contributed by atoms with Crippen LogP contribution in [-0.4, -0.2) is 23.5 Å². The SMILES string of the molecule is O=C(NCCc1c[nH]c2ccccc12)c1ccccc1NC1CC1. The standard InChI is InChI=1S/C20H21N3O/c24-20(17-6-2-4-8-19(17)23-15-9-10-15)21-12-11-14-13-22-18-7-3-1-5-16(14)18/h1-8,13,15,22-23H,9-12H2,(H,21,24). The Morgan fingerprint density at radius 1 is 1.08 bits per heavy atom. The van der Waals surface area contributed by atoms with Crippen molar-refractivity contribution in [2.75, 3.05) is 11.9 Å². The number of H-pyrrole nitrogens is 1. The number of hydrogen-bond acceptors (Lipinski definition) is 2. The summed E-state index contributed by atoms with van der Waals surface area (Å²) in [6, 6.07) is 16.5. The third-order valence-corrected chi connectivity index (χ3v) is 4.46. The summed E-state index contributed by atoms with van der Waals surface area (Å²) in [6.07, 6.45) is 5.22. The second-order valence-electron chi connectivity index (χ2n) is 6.33. The number of aromatic amines is 1. The van der Waals surface area contributed by atoms with E-state index < -0.39 is 0 Å². The van der Waals surface area contributed by atoms with Crippen molar-refractivity contribution in [2.45, 2.75) is 25.3 Å². The van der Waals surface area contributed by atoms with E-state index in [1.165, 1.54) is 23.8 Å². The molecule has 4 heteroatoms. The molecule has 1 aromatic heterocycles. The Hall–Kier alpha value is -2.75. The number of para-hydroxylation sites is 2. The first kappa shape index (κ1) is 14.8. The molecule has 4 rings (SSSR count). The summed E-state index contributed by atoms with van der Waals surface area (Å²) in [4.78, 5) is 15.8. The topological polar surface area (TPSA) is 56.9 Å². The monoisotopic (exact) mass is 319 g/mol. The molecule has 0 unspecified atom stereocenters. The van der Waals surface area contributed by atoms with Gasteiger partial charge in [0.2, 0.25) is 0 Å². The number of carbonyl (C=O) groups excluding carboxylic acids is 1. The zero-order valence-electron chi connectivity index (χ0n) is 13.5. The van der Waals surface area contributed by atoms with Crippen molar-refractivity contribution in [1.29, 1.82) is 0 Å². The van der Waals surface area contributed by atoms with Gasteiger partial charge in [-0.3, -0.25) is 4.79 Å². The molecule has 2 aromatic carbocycles. The molecule has 122 valence electrons. The van der Waals surface area contributed by atoms with E-state index in [-0.39, 0.29) is 5.91 Å². The van der Waals surface area contributed by atoms with Gasteiger partial charge in [-0.15, -0.1) is 0 Å². The van der Waals surface area contributed by atoms with E-state index in [9.17, 15) is 4.79 Å². The molecule has 1 amide bonds. The maximum Gasteiger partial charge on any atom is 0.253 e. The molecule has 0 spiro atoms. The summed E-state index contributed by atoms with van der Waals surface area (Å²) in [5.41, 5.74) is 4.03. The molecule has 3 aromatic rings. The van der Waals surface area contributed by atoms with Gasteiger partial charge in [-0.1, -0.05) is 30.3 Å². The van der Waals surface area contributed by atoms with Crippen LogP contribution in [0.25, 0.3) is 10.9 Å². The highest BCUT2D eigenvalue weighted by atomic mass is 16.1. The third-order valence-electron chi connectivity index (χ3n) is 4.46. The van der Waals surface area contributed by atoms with Gasteiger partial charge in [-0.2, -0.15) is 0 Å². The summed E-state index contributed by atoms with van der Waals surface area (Å²) in [5.74, 6) is -0.0152. The van der Waals surface area contributed by atoms with Gasteiger partial charge >= 0.3 is 0 Å². The summed E-state index contributed by atoms with van der Waals surface area (Å²) in [7, 11) is 0. The fourth-order valence-electron chi connectivity index (χ4n) is 3.00. The first-order chi connectivity index (χ1) is 11.8. The number of nitrogens with one attached hydrogen (secondary N) is 3. The zero-order chi connectivity index (χ0) is 16.4. The third kappa shape index (κ3) is 3.13. The maximum atomic E-state index is 12.5. The Balaban J connectivity index is 1.40. The molecule has 0 aliphatic heterocycles. The summed E-state index contributed by atoms with van der Waals surface area (Å²) in [6.45, 7) is 0.623. The second kappa shape index (κ2) is 6.40. The lowest BCUT2D eigenvalue weighted by Gasteiger charge is -2.11. The van der Waals surface area contributed by atoms with Crippen LogP contribution in [0.1, 0.15) is 28.8 Å². The van der Waals surface area contributed by atoms with Crippen molar-refractivity contribution in [3.63, 3.8) is 0 Å². The summed E-state index contributed by atoms with van der Waals surface area (Å²) in [5, 5.41) is 7.70. The average molecular weight is 319 g/mol. The number of anilines is 1. The lowest BCUT2D eigenvalue weighted by atomic mass is 10.1. The molecule has 0 radical (unpaired) electrons. The van der Waals surface area contributed by atoms with Crippen LogP contribution in [0.3, 0.4) is 0 Å². The van der Waals surface area contributed by atoms with Crippen LogP contribution in [0.15, 0.2) is 54.7 Å². The van der Waals surface area contributed by atoms with Gasteiger partial charge in [0.15, 0.2) is 0 Å². The summed E-state index contributed by atoms with van der Waals surface area (Å²) < 4.78 is 0. The van der Waals surface area contributed by atoms with Gasteiger partial charge in [0.05, 0.1) is 5.56 Å². The maximum absolute atomic E-state index is 12.5. The lowest BCUT2D eigenvalue weighted by Crippen LogP contribution is -2.26. The van der Waals surface area contributed by atoms with Gasteiger partial charge in [0, 0.05) is 35.4 Å². The molecule has 3 N–H and O–H groups in total. The molecule has 1 fully saturated rings. The molecule has 0 bridgehead atoms. The highest BCUT2D eigenvalue weighted by molar-refractivity contribution is 5.99. The Morgan fingerprint density at radius 2 is 1.88 bits per heavy atom.